The van der Waals surface area contributed by atoms with E-state index >= 15 is 0 Å². The smallest absolute Gasteiger partial charge is 0.263 e. The van der Waals surface area contributed by atoms with Gasteiger partial charge in [-0.2, -0.15) is 0 Å². The lowest BCUT2D eigenvalue weighted by atomic mass is 9.95. The van der Waals surface area contributed by atoms with Crippen molar-refractivity contribution < 1.29 is 4.79 Å². The van der Waals surface area contributed by atoms with Crippen LogP contribution in [-0.4, -0.2) is 16.9 Å². The number of carbonyl (C=O) groups is 1. The van der Waals surface area contributed by atoms with Gasteiger partial charge >= 0.3 is 0 Å². The first-order chi connectivity index (χ1) is 12.2. The molecule has 0 atom stereocenters. The highest BCUT2D eigenvalue weighted by Gasteiger charge is 2.22. The minimum atomic E-state index is -0.0141. The number of aryl methyl sites for hydroxylation is 2. The predicted molar refractivity (Wildman–Crippen MR) is 104 cm³/mol. The summed E-state index contributed by atoms with van der Waals surface area (Å²) in [7, 11) is 0. The lowest BCUT2D eigenvalue weighted by Crippen LogP contribution is -2.36. The zero-order valence-electron chi connectivity index (χ0n) is 14.8. The minimum Gasteiger partial charge on any atom is -0.397 e. The highest BCUT2D eigenvalue weighted by Crippen LogP contribution is 2.35. The van der Waals surface area contributed by atoms with Crippen molar-refractivity contribution in [1.29, 1.82) is 0 Å². The topological polar surface area (TPSA) is 68.0 Å². The molecule has 0 unspecified atom stereocenters. The van der Waals surface area contributed by atoms with Crippen molar-refractivity contribution >= 4 is 33.1 Å². The summed E-state index contributed by atoms with van der Waals surface area (Å²) in [4.78, 5) is 19.2. The number of thiophene rings is 1. The van der Waals surface area contributed by atoms with E-state index in [9.17, 15) is 4.79 Å². The Labute approximate surface area is 153 Å². The lowest BCUT2D eigenvalue weighted by molar-refractivity contribution is 0.0932. The van der Waals surface area contributed by atoms with E-state index in [-0.39, 0.29) is 5.91 Å². The number of fused-ring (bicyclic) bond motifs is 2. The van der Waals surface area contributed by atoms with Gasteiger partial charge in [0.1, 0.15) is 9.71 Å². The Hall–Kier alpha value is -1.62. The van der Waals surface area contributed by atoms with Gasteiger partial charge in [0, 0.05) is 17.1 Å². The van der Waals surface area contributed by atoms with Crippen molar-refractivity contribution in [2.45, 2.75) is 76.7 Å². The second-order valence-electron chi connectivity index (χ2n) is 7.51. The summed E-state index contributed by atoms with van der Waals surface area (Å²) < 4.78 is 0. The van der Waals surface area contributed by atoms with E-state index in [1.807, 2.05) is 0 Å². The molecule has 1 saturated carbocycles. The summed E-state index contributed by atoms with van der Waals surface area (Å²) in [5.41, 5.74) is 9.52. The Morgan fingerprint density at radius 2 is 1.80 bits per heavy atom. The van der Waals surface area contributed by atoms with E-state index in [4.69, 9.17) is 10.7 Å². The molecule has 2 aliphatic rings. The van der Waals surface area contributed by atoms with Crippen LogP contribution in [-0.2, 0) is 12.8 Å². The van der Waals surface area contributed by atoms with Crippen LogP contribution in [0.2, 0.25) is 0 Å². The molecule has 5 heteroatoms. The molecule has 2 aromatic rings. The third-order valence-electron chi connectivity index (χ3n) is 5.65. The van der Waals surface area contributed by atoms with Gasteiger partial charge in [-0.3, -0.25) is 4.79 Å². The largest absolute Gasteiger partial charge is 0.397 e. The van der Waals surface area contributed by atoms with E-state index in [1.54, 1.807) is 0 Å². The van der Waals surface area contributed by atoms with Gasteiger partial charge < -0.3 is 11.1 Å². The van der Waals surface area contributed by atoms with Crippen molar-refractivity contribution in [3.05, 3.63) is 22.2 Å². The van der Waals surface area contributed by atoms with E-state index in [0.717, 1.165) is 35.9 Å². The number of nitrogens with one attached hydrogen (secondary N) is 1. The maximum atomic E-state index is 12.7. The van der Waals surface area contributed by atoms with Gasteiger partial charge in [-0.05, 0) is 50.2 Å². The minimum absolute atomic E-state index is 0.0141. The fourth-order valence-corrected chi connectivity index (χ4v) is 5.18. The molecule has 2 aromatic heterocycles. The fourth-order valence-electron chi connectivity index (χ4n) is 4.18. The molecule has 134 valence electrons. The summed E-state index contributed by atoms with van der Waals surface area (Å²) in [6, 6.07) is 2.51. The summed E-state index contributed by atoms with van der Waals surface area (Å²) in [5.74, 6) is -0.0141. The zero-order valence-corrected chi connectivity index (χ0v) is 15.6. The third-order valence-corrected chi connectivity index (χ3v) is 6.76. The van der Waals surface area contributed by atoms with Crippen LogP contribution in [0.4, 0.5) is 5.69 Å². The molecule has 4 rings (SSSR count). The maximum Gasteiger partial charge on any atom is 0.263 e. The van der Waals surface area contributed by atoms with Crippen LogP contribution in [0.1, 0.15) is 78.7 Å². The number of pyridine rings is 1. The number of nitrogens with zero attached hydrogens (tertiary/aromatic N) is 1. The molecule has 3 N–H and O–H groups in total. The summed E-state index contributed by atoms with van der Waals surface area (Å²) in [6.07, 6.45) is 13.0. The van der Waals surface area contributed by atoms with Crippen molar-refractivity contribution in [1.82, 2.24) is 10.3 Å². The summed E-state index contributed by atoms with van der Waals surface area (Å²) in [5, 5.41) is 4.16. The zero-order chi connectivity index (χ0) is 17.2. The molecule has 2 aliphatic carbocycles. The second-order valence-corrected chi connectivity index (χ2v) is 8.51. The standard InChI is InChI=1S/C20H27N3OS/c21-17-15-12-13-8-4-1-2-7-11-16(13)23-20(15)25-18(17)19(24)22-14-9-5-3-6-10-14/h12,14H,1-11,21H2,(H,22,24). The van der Waals surface area contributed by atoms with Gasteiger partial charge in [-0.15, -0.1) is 11.3 Å². The fraction of sp³-hybridized carbons (Fsp3) is 0.600. The molecular formula is C20H27N3OS. The van der Waals surface area contributed by atoms with Crippen molar-refractivity contribution in [3.63, 3.8) is 0 Å². The predicted octanol–water partition coefficient (Wildman–Crippen LogP) is 4.60. The van der Waals surface area contributed by atoms with E-state index in [2.05, 4.69) is 11.4 Å². The molecule has 0 radical (unpaired) electrons. The summed E-state index contributed by atoms with van der Waals surface area (Å²) >= 11 is 1.46. The average molecular weight is 358 g/mol. The van der Waals surface area contributed by atoms with Crippen LogP contribution in [0.5, 0.6) is 0 Å². The van der Waals surface area contributed by atoms with Crippen LogP contribution in [0, 0.1) is 0 Å². The number of hydrogen-bond acceptors (Lipinski definition) is 4. The van der Waals surface area contributed by atoms with E-state index in [0.29, 0.717) is 16.6 Å². The molecule has 0 bridgehead atoms. The normalized spacial score (nSPS) is 19.2. The van der Waals surface area contributed by atoms with Gasteiger partial charge in [-0.1, -0.05) is 32.1 Å². The molecule has 0 aliphatic heterocycles. The number of hydrogen-bond donors (Lipinski definition) is 2. The number of carbonyl (C=O) groups excluding carboxylic acids is 1. The number of rotatable bonds is 2. The maximum absolute atomic E-state index is 12.7. The second kappa shape index (κ2) is 7.32. The van der Waals surface area contributed by atoms with Crippen LogP contribution in [0.25, 0.3) is 10.2 Å². The lowest BCUT2D eigenvalue weighted by Gasteiger charge is -2.22. The summed E-state index contributed by atoms with van der Waals surface area (Å²) in [6.45, 7) is 0. The molecule has 2 heterocycles. The molecule has 1 fully saturated rings. The van der Waals surface area contributed by atoms with Crippen molar-refractivity contribution in [2.24, 2.45) is 0 Å². The monoisotopic (exact) mass is 357 g/mol. The molecule has 4 nitrogen and oxygen atoms in total. The Morgan fingerprint density at radius 1 is 1.08 bits per heavy atom. The SMILES string of the molecule is Nc1c(C(=O)NC2CCCCC2)sc2nc3c(cc12)CCCCCC3. The first kappa shape index (κ1) is 16.8. The van der Waals surface area contributed by atoms with Gasteiger partial charge in [0.05, 0.1) is 5.69 Å². The van der Waals surface area contributed by atoms with Crippen LogP contribution < -0.4 is 11.1 Å². The van der Waals surface area contributed by atoms with Crippen LogP contribution >= 0.6 is 11.3 Å². The van der Waals surface area contributed by atoms with Gasteiger partial charge in [0.15, 0.2) is 0 Å². The molecular weight excluding hydrogens is 330 g/mol. The quantitative estimate of drug-likeness (QED) is 0.825. The van der Waals surface area contributed by atoms with Crippen LogP contribution in [0.3, 0.4) is 0 Å². The molecule has 25 heavy (non-hydrogen) atoms. The Morgan fingerprint density at radius 3 is 2.60 bits per heavy atom. The van der Waals surface area contributed by atoms with Gasteiger partial charge in [0.25, 0.3) is 5.91 Å². The number of amides is 1. The molecule has 1 amide bonds. The first-order valence-electron chi connectivity index (χ1n) is 9.74. The average Bonchev–Trinajstić information content (AvgIpc) is 2.92. The highest BCUT2D eigenvalue weighted by atomic mass is 32.1. The van der Waals surface area contributed by atoms with Crippen molar-refractivity contribution in [3.8, 4) is 0 Å². The number of nitrogens with two attached hydrogens (primary N) is 1. The number of anilines is 1. The number of nitrogen functional groups attached to an aromatic ring is 1. The van der Waals surface area contributed by atoms with Gasteiger partial charge in [-0.25, -0.2) is 4.98 Å². The highest BCUT2D eigenvalue weighted by molar-refractivity contribution is 7.21. The Bertz CT molecular complexity index is 777. The van der Waals surface area contributed by atoms with Crippen LogP contribution in [0.15, 0.2) is 6.07 Å². The molecule has 0 spiro atoms. The number of aromatic nitrogens is 1. The van der Waals surface area contributed by atoms with E-state index < -0.39 is 0 Å². The van der Waals surface area contributed by atoms with Crippen molar-refractivity contribution in [2.75, 3.05) is 5.73 Å². The molecule has 0 saturated heterocycles. The van der Waals surface area contributed by atoms with Gasteiger partial charge in [0.2, 0.25) is 0 Å². The third kappa shape index (κ3) is 3.52. The molecule has 0 aromatic carbocycles. The first-order valence-corrected chi connectivity index (χ1v) is 10.6. The Balaban J connectivity index is 1.63. The van der Waals surface area contributed by atoms with E-state index in [1.165, 1.54) is 67.5 Å². The Kier molecular flexibility index (Phi) is 4.93.